The van der Waals surface area contributed by atoms with Crippen LogP contribution in [0.1, 0.15) is 15.4 Å². The molecule has 7 heteroatoms. The quantitative estimate of drug-likeness (QED) is 0.889. The van der Waals surface area contributed by atoms with Gasteiger partial charge in [-0.3, -0.25) is 0 Å². The van der Waals surface area contributed by atoms with E-state index < -0.39 is 5.97 Å². The van der Waals surface area contributed by atoms with Crippen molar-refractivity contribution in [2.75, 3.05) is 7.11 Å². The number of carboxylic acid groups (broad SMARTS) is 1. The van der Waals surface area contributed by atoms with Crippen molar-refractivity contribution in [3.05, 3.63) is 34.8 Å². The van der Waals surface area contributed by atoms with E-state index in [0.29, 0.717) is 17.2 Å². The van der Waals surface area contributed by atoms with Crippen LogP contribution in [0.2, 0.25) is 0 Å². The monoisotopic (exact) mass is 266 g/mol. The minimum absolute atomic E-state index is 0.0402. The summed E-state index contributed by atoms with van der Waals surface area (Å²) in [6, 6.07) is 7.11. The van der Waals surface area contributed by atoms with Crippen molar-refractivity contribution in [2.24, 2.45) is 0 Å². The number of methoxy groups -OCH3 is 1. The topological polar surface area (TPSA) is 81.5 Å². The second-order valence-corrected chi connectivity index (χ2v) is 4.05. The summed E-state index contributed by atoms with van der Waals surface area (Å²) in [4.78, 5) is 11.0. The lowest BCUT2D eigenvalue weighted by molar-refractivity contribution is 0.0699. The Kier molecular flexibility index (Phi) is 3.73. The van der Waals surface area contributed by atoms with Gasteiger partial charge in [0.2, 0.25) is 0 Å². The molecule has 0 amide bonds. The Bertz CT molecular complexity index is 555. The van der Waals surface area contributed by atoms with Gasteiger partial charge in [0.25, 0.3) is 0 Å². The molecule has 1 N–H and O–H groups in total. The molecule has 2 rings (SSSR count). The molecule has 0 bridgehead atoms. The maximum Gasteiger partial charge on any atom is 0.349 e. The van der Waals surface area contributed by atoms with Gasteiger partial charge < -0.3 is 14.6 Å². The second-order valence-electron chi connectivity index (χ2n) is 3.29. The molecular formula is C11H10N2O4S. The summed E-state index contributed by atoms with van der Waals surface area (Å²) in [5.41, 5.74) is 0.304. The largest absolute Gasteiger partial charge is 0.493 e. The van der Waals surface area contributed by atoms with E-state index in [2.05, 4.69) is 9.59 Å². The highest BCUT2D eigenvalue weighted by Crippen LogP contribution is 2.26. The van der Waals surface area contributed by atoms with Gasteiger partial charge >= 0.3 is 5.97 Å². The van der Waals surface area contributed by atoms with E-state index in [1.54, 1.807) is 18.2 Å². The smallest absolute Gasteiger partial charge is 0.349 e. The zero-order valence-electron chi connectivity index (χ0n) is 9.49. The molecule has 0 saturated heterocycles. The number of benzene rings is 1. The second kappa shape index (κ2) is 5.46. The third-order valence-corrected chi connectivity index (χ3v) is 2.94. The molecule has 1 aromatic carbocycles. The summed E-state index contributed by atoms with van der Waals surface area (Å²) in [5.74, 6) is 0.0607. The molecule has 1 aromatic heterocycles. The van der Waals surface area contributed by atoms with Gasteiger partial charge in [0, 0.05) is 0 Å². The van der Waals surface area contributed by atoms with E-state index in [9.17, 15) is 4.79 Å². The number of hydrogen-bond donors (Lipinski definition) is 1. The highest BCUT2D eigenvalue weighted by Gasteiger charge is 2.16. The van der Waals surface area contributed by atoms with Gasteiger partial charge in [-0.2, -0.15) is 0 Å². The fourth-order valence-corrected chi connectivity index (χ4v) is 1.85. The third-order valence-electron chi connectivity index (χ3n) is 2.18. The van der Waals surface area contributed by atoms with Crippen LogP contribution in [0.3, 0.4) is 0 Å². The first-order valence-electron chi connectivity index (χ1n) is 5.02. The zero-order valence-corrected chi connectivity index (χ0v) is 10.3. The van der Waals surface area contributed by atoms with Crippen LogP contribution in [0.25, 0.3) is 0 Å². The Morgan fingerprint density at radius 3 is 2.78 bits per heavy atom. The Hall–Kier alpha value is -2.15. The first-order valence-corrected chi connectivity index (χ1v) is 5.80. The molecule has 1 heterocycles. The Morgan fingerprint density at radius 2 is 2.11 bits per heavy atom. The lowest BCUT2D eigenvalue weighted by Crippen LogP contribution is -2.04. The summed E-state index contributed by atoms with van der Waals surface area (Å²) >= 11 is 0.831. The van der Waals surface area contributed by atoms with Gasteiger partial charge in [-0.15, -0.1) is 5.10 Å². The van der Waals surface area contributed by atoms with Crippen molar-refractivity contribution in [3.63, 3.8) is 0 Å². The van der Waals surface area contributed by atoms with Crippen LogP contribution < -0.4 is 9.47 Å². The van der Waals surface area contributed by atoms with E-state index in [1.807, 2.05) is 6.07 Å². The first kappa shape index (κ1) is 12.3. The van der Waals surface area contributed by atoms with Crippen LogP contribution >= 0.6 is 11.5 Å². The zero-order chi connectivity index (χ0) is 13.0. The average Bonchev–Trinajstić information content (AvgIpc) is 2.85. The molecule has 18 heavy (non-hydrogen) atoms. The van der Waals surface area contributed by atoms with Crippen molar-refractivity contribution in [1.29, 1.82) is 0 Å². The minimum atomic E-state index is -1.05. The van der Waals surface area contributed by atoms with E-state index in [-0.39, 0.29) is 11.5 Å². The highest BCUT2D eigenvalue weighted by atomic mass is 32.1. The molecule has 0 aliphatic rings. The fraction of sp³-hybridized carbons (Fsp3) is 0.182. The molecule has 6 nitrogen and oxygen atoms in total. The van der Waals surface area contributed by atoms with Gasteiger partial charge in [-0.05, 0) is 23.7 Å². The van der Waals surface area contributed by atoms with Crippen molar-refractivity contribution in [3.8, 4) is 11.5 Å². The van der Waals surface area contributed by atoms with Gasteiger partial charge in [0.1, 0.15) is 12.3 Å². The minimum Gasteiger partial charge on any atom is -0.493 e. The number of aromatic nitrogens is 2. The molecule has 0 aliphatic heterocycles. The predicted octanol–water partition coefficient (Wildman–Crippen LogP) is 1.82. The number of aromatic carboxylic acids is 1. The number of carbonyl (C=O) groups is 1. The fourth-order valence-electron chi connectivity index (χ4n) is 1.35. The van der Waals surface area contributed by atoms with Crippen LogP contribution in [0.4, 0.5) is 0 Å². The van der Waals surface area contributed by atoms with Crippen LogP contribution in [0.15, 0.2) is 24.3 Å². The predicted molar refractivity (Wildman–Crippen MR) is 64.2 cm³/mol. The van der Waals surface area contributed by atoms with Crippen molar-refractivity contribution >= 4 is 17.5 Å². The average molecular weight is 266 g/mol. The maximum atomic E-state index is 10.9. The number of carboxylic acids is 1. The number of para-hydroxylation sites is 2. The van der Waals surface area contributed by atoms with E-state index in [4.69, 9.17) is 14.6 Å². The highest BCUT2D eigenvalue weighted by molar-refractivity contribution is 7.07. The number of hydrogen-bond acceptors (Lipinski definition) is 6. The third kappa shape index (κ3) is 2.57. The number of nitrogens with zero attached hydrogens (tertiary/aromatic N) is 2. The summed E-state index contributed by atoms with van der Waals surface area (Å²) in [6.45, 7) is 0.0402. The molecule has 94 valence electrons. The molecule has 2 aromatic rings. The standard InChI is InChI=1S/C11H10N2O4S/c1-16-8-4-2-3-5-9(8)17-6-7-10(11(14)15)18-13-12-7/h2-5H,6H2,1H3,(H,14,15). The van der Waals surface area contributed by atoms with Crippen molar-refractivity contribution < 1.29 is 19.4 Å². The van der Waals surface area contributed by atoms with Gasteiger partial charge in [-0.25, -0.2) is 4.79 Å². The van der Waals surface area contributed by atoms with E-state index in [1.165, 1.54) is 7.11 Å². The molecule has 0 fully saturated rings. The maximum absolute atomic E-state index is 10.9. The summed E-state index contributed by atoms with van der Waals surface area (Å²) < 4.78 is 14.2. The van der Waals surface area contributed by atoms with Crippen molar-refractivity contribution in [2.45, 2.75) is 6.61 Å². The first-order chi connectivity index (χ1) is 8.72. The van der Waals surface area contributed by atoms with Gasteiger partial charge in [0.15, 0.2) is 16.4 Å². The molecule has 0 aliphatic carbocycles. The van der Waals surface area contributed by atoms with E-state index in [0.717, 1.165) is 11.5 Å². The number of ether oxygens (including phenoxy) is 2. The summed E-state index contributed by atoms with van der Waals surface area (Å²) in [5, 5.41) is 12.6. The number of rotatable bonds is 5. The lowest BCUT2D eigenvalue weighted by Gasteiger charge is -2.08. The lowest BCUT2D eigenvalue weighted by atomic mass is 10.3. The molecule has 0 atom stereocenters. The van der Waals surface area contributed by atoms with Crippen molar-refractivity contribution in [1.82, 2.24) is 9.59 Å². The van der Waals surface area contributed by atoms with Crippen LogP contribution in [0.5, 0.6) is 11.5 Å². The van der Waals surface area contributed by atoms with Gasteiger partial charge in [0.05, 0.1) is 7.11 Å². The Balaban J connectivity index is 2.11. The van der Waals surface area contributed by atoms with Crippen LogP contribution in [0, 0.1) is 0 Å². The molecular weight excluding hydrogens is 256 g/mol. The normalized spacial score (nSPS) is 10.1. The molecule has 0 radical (unpaired) electrons. The Morgan fingerprint density at radius 1 is 1.39 bits per heavy atom. The van der Waals surface area contributed by atoms with Crippen LogP contribution in [-0.4, -0.2) is 27.8 Å². The van der Waals surface area contributed by atoms with Gasteiger partial charge in [-0.1, -0.05) is 16.6 Å². The van der Waals surface area contributed by atoms with E-state index >= 15 is 0 Å². The molecule has 0 saturated carbocycles. The summed E-state index contributed by atoms with van der Waals surface area (Å²) in [6.07, 6.45) is 0. The molecule has 0 unspecified atom stereocenters. The molecule has 0 spiro atoms. The SMILES string of the molecule is COc1ccccc1OCc1nnsc1C(=O)O. The van der Waals surface area contributed by atoms with Crippen LogP contribution in [-0.2, 0) is 6.61 Å². The summed E-state index contributed by atoms with van der Waals surface area (Å²) in [7, 11) is 1.54. The Labute approximate surface area is 107 Å².